The number of carbonyl (C=O) groups excluding carboxylic acids is 1. The van der Waals surface area contributed by atoms with Gasteiger partial charge < -0.3 is 64.2 Å². The number of hydrogen-bond acceptors (Lipinski definition) is 15. The normalized spacial score (nSPS) is 21.3. The molecule has 0 spiro atoms. The maximum atomic E-state index is 13.7. The SMILES string of the molecule is COc1cc(O)c2c(=O)c(O[C@@H]3O[C@H](COC(=O)C=Cc4ccc(O)cc4)[C@@H](O)[C@H](O)[C@H]3O)c(-c3ccc(O)c(O)c3)oc2c1O. The van der Waals surface area contributed by atoms with E-state index < -0.39 is 94.2 Å². The van der Waals surface area contributed by atoms with Gasteiger partial charge in [0.15, 0.2) is 28.6 Å². The van der Waals surface area contributed by atoms with E-state index in [0.717, 1.165) is 24.3 Å². The van der Waals surface area contributed by atoms with Crippen molar-refractivity contribution in [2.24, 2.45) is 0 Å². The third-order valence-electron chi connectivity index (χ3n) is 7.10. The molecule has 1 aliphatic rings. The second kappa shape index (κ2) is 12.9. The largest absolute Gasteiger partial charge is 0.508 e. The number of aliphatic hydroxyl groups is 3. The van der Waals surface area contributed by atoms with Crippen molar-refractivity contribution in [3.8, 4) is 51.6 Å². The van der Waals surface area contributed by atoms with Crippen LogP contribution in [0.3, 0.4) is 0 Å². The standard InChI is InChI=1S/C31H28O15/c1-42-19-11-18(35)22-25(39)30(28(45-29(22)24(19)38)14-5-8-16(33)17(34)10-14)46-31-27(41)26(40)23(37)20(44-31)12-43-21(36)9-4-13-2-6-15(32)7-3-13/h2-11,20,23,26-27,31-35,37-38,40-41H,12H2,1H3/t20-,23-,26+,27-,31+/m1/s1. The van der Waals surface area contributed by atoms with E-state index in [1.54, 1.807) is 12.1 Å². The highest BCUT2D eigenvalue weighted by molar-refractivity contribution is 5.93. The van der Waals surface area contributed by atoms with Crippen LogP contribution in [0.4, 0.5) is 0 Å². The number of phenolic OH excluding ortho intramolecular Hbond substituents is 5. The van der Waals surface area contributed by atoms with E-state index in [1.807, 2.05) is 0 Å². The zero-order valence-electron chi connectivity index (χ0n) is 23.8. The van der Waals surface area contributed by atoms with Crippen LogP contribution in [0.2, 0.25) is 0 Å². The van der Waals surface area contributed by atoms with Crippen molar-refractivity contribution in [1.29, 1.82) is 0 Å². The zero-order chi connectivity index (χ0) is 33.3. The fraction of sp³-hybridized carbons (Fsp3) is 0.226. The molecular formula is C31H28O15. The van der Waals surface area contributed by atoms with Gasteiger partial charge in [-0.3, -0.25) is 4.79 Å². The number of benzene rings is 3. The Labute approximate surface area is 258 Å². The summed E-state index contributed by atoms with van der Waals surface area (Å²) in [6.45, 7) is -0.636. The molecule has 4 aromatic rings. The number of aliphatic hydroxyl groups excluding tert-OH is 3. The van der Waals surface area contributed by atoms with E-state index in [4.69, 9.17) is 23.4 Å². The van der Waals surface area contributed by atoms with Crippen LogP contribution in [0.1, 0.15) is 5.56 Å². The van der Waals surface area contributed by atoms with Crippen molar-refractivity contribution in [2.75, 3.05) is 13.7 Å². The number of ether oxygens (including phenoxy) is 4. The van der Waals surface area contributed by atoms with Crippen LogP contribution in [-0.4, -0.2) is 91.2 Å². The molecule has 0 bridgehead atoms. The minimum atomic E-state index is -1.98. The molecule has 0 radical (unpaired) electrons. The van der Waals surface area contributed by atoms with Gasteiger partial charge in [-0.2, -0.15) is 0 Å². The summed E-state index contributed by atoms with van der Waals surface area (Å²) in [5.74, 6) is -4.80. The molecule has 0 saturated carbocycles. The molecule has 0 aliphatic carbocycles. The first-order chi connectivity index (χ1) is 21.9. The van der Waals surface area contributed by atoms with Crippen LogP contribution in [0, 0.1) is 0 Å². The highest BCUT2D eigenvalue weighted by atomic mass is 16.7. The van der Waals surface area contributed by atoms with Gasteiger partial charge in [0, 0.05) is 17.7 Å². The van der Waals surface area contributed by atoms with E-state index in [-0.39, 0.29) is 17.1 Å². The summed E-state index contributed by atoms with van der Waals surface area (Å²) in [5.41, 5.74) is -1.15. The lowest BCUT2D eigenvalue weighted by molar-refractivity contribution is -0.278. The van der Waals surface area contributed by atoms with Gasteiger partial charge in [0.05, 0.1) is 7.11 Å². The molecule has 1 fully saturated rings. The van der Waals surface area contributed by atoms with Gasteiger partial charge >= 0.3 is 5.97 Å². The Bertz CT molecular complexity index is 1850. The third-order valence-corrected chi connectivity index (χ3v) is 7.10. The van der Waals surface area contributed by atoms with Crippen molar-refractivity contribution in [2.45, 2.75) is 30.7 Å². The second-order valence-corrected chi connectivity index (χ2v) is 10.1. The summed E-state index contributed by atoms with van der Waals surface area (Å²) in [5, 5.41) is 81.7. The number of rotatable bonds is 8. The Morgan fingerprint density at radius 1 is 0.891 bits per heavy atom. The van der Waals surface area contributed by atoms with Gasteiger partial charge in [0.25, 0.3) is 0 Å². The summed E-state index contributed by atoms with van der Waals surface area (Å²) < 4.78 is 27.2. The number of fused-ring (bicyclic) bond motifs is 1. The molecule has 3 aromatic carbocycles. The van der Waals surface area contributed by atoms with Crippen molar-refractivity contribution < 1.29 is 69.0 Å². The number of methoxy groups -OCH3 is 1. The number of hydrogen-bond donors (Lipinski definition) is 8. The Kier molecular flexibility index (Phi) is 8.93. The third kappa shape index (κ3) is 6.20. The van der Waals surface area contributed by atoms with Gasteiger partial charge in [0.2, 0.25) is 23.2 Å². The van der Waals surface area contributed by atoms with E-state index in [1.165, 1.54) is 31.4 Å². The summed E-state index contributed by atoms with van der Waals surface area (Å²) in [6, 6.07) is 10.1. The number of phenols is 5. The van der Waals surface area contributed by atoms with Crippen LogP contribution in [0.5, 0.6) is 40.2 Å². The molecule has 5 rings (SSSR count). The molecular weight excluding hydrogens is 612 g/mol. The lowest BCUT2D eigenvalue weighted by Crippen LogP contribution is -2.60. The Morgan fingerprint density at radius 3 is 2.28 bits per heavy atom. The van der Waals surface area contributed by atoms with E-state index in [0.29, 0.717) is 5.56 Å². The molecule has 15 nitrogen and oxygen atoms in total. The molecule has 46 heavy (non-hydrogen) atoms. The summed E-state index contributed by atoms with van der Waals surface area (Å²) in [6.07, 6.45) is -6.61. The van der Waals surface area contributed by atoms with Crippen LogP contribution < -0.4 is 14.9 Å². The Balaban J connectivity index is 1.47. The van der Waals surface area contributed by atoms with Crippen molar-refractivity contribution in [3.63, 3.8) is 0 Å². The average molecular weight is 641 g/mol. The molecule has 8 N–H and O–H groups in total. The van der Waals surface area contributed by atoms with Crippen molar-refractivity contribution in [3.05, 3.63) is 70.4 Å². The molecule has 242 valence electrons. The molecule has 2 heterocycles. The van der Waals surface area contributed by atoms with Crippen LogP contribution in [0.15, 0.2) is 63.8 Å². The summed E-state index contributed by atoms with van der Waals surface area (Å²) in [7, 11) is 1.19. The smallest absolute Gasteiger partial charge is 0.330 e. The molecule has 0 unspecified atom stereocenters. The van der Waals surface area contributed by atoms with E-state index in [2.05, 4.69) is 0 Å². The van der Waals surface area contributed by atoms with Gasteiger partial charge in [-0.15, -0.1) is 0 Å². The molecule has 1 saturated heterocycles. The fourth-order valence-corrected chi connectivity index (χ4v) is 4.64. The summed E-state index contributed by atoms with van der Waals surface area (Å²) in [4.78, 5) is 26.0. The van der Waals surface area contributed by atoms with Crippen LogP contribution in [0.25, 0.3) is 28.4 Å². The van der Waals surface area contributed by atoms with Crippen molar-refractivity contribution >= 4 is 23.0 Å². The average Bonchev–Trinajstić information content (AvgIpc) is 3.04. The number of carbonyl (C=O) groups is 1. The van der Waals surface area contributed by atoms with Crippen LogP contribution >= 0.6 is 0 Å². The van der Waals surface area contributed by atoms with Gasteiger partial charge in [0.1, 0.15) is 47.9 Å². The number of aromatic hydroxyl groups is 5. The lowest BCUT2D eigenvalue weighted by Gasteiger charge is -2.39. The van der Waals surface area contributed by atoms with E-state index >= 15 is 0 Å². The minimum absolute atomic E-state index is 0.0330. The molecule has 5 atom stereocenters. The van der Waals surface area contributed by atoms with Gasteiger partial charge in [-0.1, -0.05) is 12.1 Å². The Hall–Kier alpha value is -5.48. The van der Waals surface area contributed by atoms with Gasteiger partial charge in [-0.05, 0) is 42.0 Å². The highest BCUT2D eigenvalue weighted by Gasteiger charge is 2.46. The van der Waals surface area contributed by atoms with Crippen LogP contribution in [-0.2, 0) is 14.3 Å². The molecule has 0 amide bonds. The molecule has 1 aliphatic heterocycles. The maximum Gasteiger partial charge on any atom is 0.330 e. The van der Waals surface area contributed by atoms with E-state index in [9.17, 15) is 50.4 Å². The first-order valence-electron chi connectivity index (χ1n) is 13.5. The first kappa shape index (κ1) is 31.9. The molecule has 15 heteroatoms. The quantitative estimate of drug-likeness (QED) is 0.0588. The Morgan fingerprint density at radius 2 is 1.61 bits per heavy atom. The predicted molar refractivity (Wildman–Crippen MR) is 157 cm³/mol. The minimum Gasteiger partial charge on any atom is -0.508 e. The fourth-order valence-electron chi connectivity index (χ4n) is 4.64. The maximum absolute atomic E-state index is 13.7. The second-order valence-electron chi connectivity index (χ2n) is 10.1. The molecule has 1 aromatic heterocycles. The lowest BCUT2D eigenvalue weighted by atomic mass is 9.99. The topological polar surface area (TPSA) is 246 Å². The highest BCUT2D eigenvalue weighted by Crippen LogP contribution is 2.44. The zero-order valence-corrected chi connectivity index (χ0v) is 23.8. The number of esters is 1. The first-order valence-corrected chi connectivity index (χ1v) is 13.5. The predicted octanol–water partition coefficient (Wildman–Crippen LogP) is 1.44. The van der Waals surface area contributed by atoms with Crippen molar-refractivity contribution in [1.82, 2.24) is 0 Å². The summed E-state index contributed by atoms with van der Waals surface area (Å²) >= 11 is 0. The monoisotopic (exact) mass is 640 g/mol. The van der Waals surface area contributed by atoms with Gasteiger partial charge in [-0.25, -0.2) is 4.79 Å².